The number of nitrogens with zero attached hydrogens (tertiary/aromatic N) is 2. The van der Waals surface area contributed by atoms with Gasteiger partial charge in [-0.25, -0.2) is 19.4 Å². The predicted molar refractivity (Wildman–Crippen MR) is 90.6 cm³/mol. The molecule has 2 aromatic rings. The highest BCUT2D eigenvalue weighted by atomic mass is 19.4. The molecule has 19 heteroatoms. The zero-order valence-electron chi connectivity index (χ0n) is 16.1. The molecule has 1 fully saturated rings. The molecule has 1 aliphatic heterocycles. The molecule has 5 N–H and O–H groups in total. The van der Waals surface area contributed by atoms with E-state index in [0.717, 1.165) is 24.1 Å². The van der Waals surface area contributed by atoms with Gasteiger partial charge in [0.1, 0.15) is 0 Å². The summed E-state index contributed by atoms with van der Waals surface area (Å²) in [4.78, 5) is 30.9. The summed E-state index contributed by atoms with van der Waals surface area (Å²) >= 11 is 0. The van der Waals surface area contributed by atoms with Crippen LogP contribution < -0.4 is 5.32 Å². The van der Waals surface area contributed by atoms with Crippen molar-refractivity contribution in [3.63, 3.8) is 0 Å². The second-order valence-electron chi connectivity index (χ2n) is 5.78. The van der Waals surface area contributed by atoms with Crippen molar-refractivity contribution in [2.75, 3.05) is 13.1 Å². The molecule has 0 aliphatic carbocycles. The molecule has 0 radical (unpaired) electrons. The average molecular weight is 516 g/mol. The Morgan fingerprint density at radius 2 is 1.21 bits per heavy atom. The van der Waals surface area contributed by atoms with Crippen molar-refractivity contribution in [3.05, 3.63) is 24.0 Å². The molecule has 2 aromatic heterocycles. The molecule has 0 amide bonds. The topological polar surface area (TPSA) is 166 Å². The van der Waals surface area contributed by atoms with E-state index in [1.807, 2.05) is 6.07 Å². The first kappa shape index (κ1) is 30.4. The molecule has 1 aliphatic rings. The number of aromatic amines is 1. The Labute approximate surface area is 181 Å². The summed E-state index contributed by atoms with van der Waals surface area (Å²) in [6, 6.07) is 4.02. The molecule has 0 unspecified atom stereocenters. The Balaban J connectivity index is 0.000000456. The monoisotopic (exact) mass is 516 g/mol. The molecule has 0 spiro atoms. The van der Waals surface area contributed by atoms with Gasteiger partial charge in [-0.1, -0.05) is 0 Å². The van der Waals surface area contributed by atoms with Crippen LogP contribution >= 0.6 is 0 Å². The minimum atomic E-state index is -5.08. The van der Waals surface area contributed by atoms with Gasteiger partial charge in [-0.3, -0.25) is 5.10 Å². The summed E-state index contributed by atoms with van der Waals surface area (Å²) in [6.45, 7) is 2.10. The van der Waals surface area contributed by atoms with Crippen LogP contribution in [0.25, 0.3) is 11.0 Å². The average Bonchev–Trinajstić information content (AvgIpc) is 3.03. The Bertz CT molecular complexity index is 911. The Hall–Kier alpha value is -3.64. The normalized spacial score (nSPS) is 13.7. The van der Waals surface area contributed by atoms with E-state index in [1.165, 1.54) is 5.69 Å². The summed E-state index contributed by atoms with van der Waals surface area (Å²) in [5.74, 6) is -7.68. The smallest absolute Gasteiger partial charge is 0.475 e. The lowest BCUT2D eigenvalue weighted by Crippen LogP contribution is -2.40. The van der Waals surface area contributed by atoms with Gasteiger partial charge < -0.3 is 20.6 Å². The molecule has 0 atom stereocenters. The predicted octanol–water partition coefficient (Wildman–Crippen LogP) is 2.54. The van der Waals surface area contributed by atoms with E-state index >= 15 is 0 Å². The summed E-state index contributed by atoms with van der Waals surface area (Å²) in [7, 11) is 0. The maximum Gasteiger partial charge on any atom is 0.490 e. The third-order valence-electron chi connectivity index (χ3n) is 3.28. The highest BCUT2D eigenvalue weighted by Gasteiger charge is 2.39. The van der Waals surface area contributed by atoms with Gasteiger partial charge in [0.2, 0.25) is 0 Å². The van der Waals surface area contributed by atoms with Gasteiger partial charge in [0.15, 0.2) is 5.65 Å². The fourth-order valence-corrected chi connectivity index (χ4v) is 1.67. The van der Waals surface area contributed by atoms with E-state index in [2.05, 4.69) is 26.6 Å². The third kappa shape index (κ3) is 10.8. The summed E-state index contributed by atoms with van der Waals surface area (Å²) < 4.78 is 95.2. The first-order valence-electron chi connectivity index (χ1n) is 8.18. The number of nitrogens with one attached hydrogen (secondary N) is 2. The van der Waals surface area contributed by atoms with E-state index in [-0.39, 0.29) is 0 Å². The first-order valence-corrected chi connectivity index (χ1v) is 8.18. The lowest BCUT2D eigenvalue weighted by atomic mass is 9.97. The molecular formula is C15H13F9N4O6. The molecule has 3 rings (SSSR count). The Kier molecular flexibility index (Phi) is 10.7. The first-order chi connectivity index (χ1) is 15.3. The van der Waals surface area contributed by atoms with Crippen LogP contribution in [0, 0.1) is 0 Å². The number of hydrogen-bond acceptors (Lipinski definition) is 6. The number of aromatic nitrogens is 3. The van der Waals surface area contributed by atoms with Crippen molar-refractivity contribution in [2.45, 2.75) is 24.4 Å². The number of carboxylic acids is 3. The van der Waals surface area contributed by atoms with Gasteiger partial charge in [0.25, 0.3) is 0 Å². The Morgan fingerprint density at radius 3 is 1.50 bits per heavy atom. The van der Waals surface area contributed by atoms with Gasteiger partial charge in [-0.2, -0.15) is 44.6 Å². The number of H-pyrrole nitrogens is 1. The fraction of sp³-hybridized carbons (Fsp3) is 0.400. The van der Waals surface area contributed by atoms with Crippen LogP contribution in [-0.4, -0.2) is 80.0 Å². The number of aliphatic carboxylic acids is 3. The highest BCUT2D eigenvalue weighted by molar-refractivity contribution is 5.78. The molecular weight excluding hydrogens is 503 g/mol. The van der Waals surface area contributed by atoms with Gasteiger partial charge in [0, 0.05) is 30.6 Å². The molecule has 0 aromatic carbocycles. The number of carboxylic acid groups (broad SMARTS) is 3. The summed E-state index contributed by atoms with van der Waals surface area (Å²) in [5, 5.41) is 33.0. The molecule has 10 nitrogen and oxygen atoms in total. The van der Waals surface area contributed by atoms with Crippen LogP contribution in [0.4, 0.5) is 39.5 Å². The van der Waals surface area contributed by atoms with E-state index in [1.54, 1.807) is 6.20 Å². The fourth-order valence-electron chi connectivity index (χ4n) is 1.67. The van der Waals surface area contributed by atoms with Crippen LogP contribution in [0.1, 0.15) is 11.6 Å². The number of carbonyl (C=O) groups is 3. The van der Waals surface area contributed by atoms with Gasteiger partial charge in [0.05, 0.1) is 5.69 Å². The third-order valence-corrected chi connectivity index (χ3v) is 3.28. The van der Waals surface area contributed by atoms with Crippen LogP contribution in [0.2, 0.25) is 0 Å². The van der Waals surface area contributed by atoms with E-state index in [4.69, 9.17) is 29.7 Å². The highest BCUT2D eigenvalue weighted by Crippen LogP contribution is 2.24. The molecule has 34 heavy (non-hydrogen) atoms. The van der Waals surface area contributed by atoms with Crippen molar-refractivity contribution >= 4 is 28.9 Å². The van der Waals surface area contributed by atoms with E-state index in [0.29, 0.717) is 5.92 Å². The maximum atomic E-state index is 10.6. The number of hydrogen-bond donors (Lipinski definition) is 5. The number of halogens is 9. The second-order valence-corrected chi connectivity index (χ2v) is 5.78. The number of pyridine rings is 1. The molecule has 0 saturated carbocycles. The quantitative estimate of drug-likeness (QED) is 0.358. The molecule has 3 heterocycles. The zero-order chi connectivity index (χ0) is 26.9. The van der Waals surface area contributed by atoms with Crippen molar-refractivity contribution in [1.29, 1.82) is 0 Å². The van der Waals surface area contributed by atoms with Gasteiger partial charge in [-0.05, 0) is 12.1 Å². The molecule has 192 valence electrons. The Morgan fingerprint density at radius 1 is 0.824 bits per heavy atom. The maximum absolute atomic E-state index is 10.6. The van der Waals surface area contributed by atoms with E-state index in [9.17, 15) is 39.5 Å². The minimum Gasteiger partial charge on any atom is -0.475 e. The van der Waals surface area contributed by atoms with Crippen LogP contribution in [0.15, 0.2) is 18.3 Å². The lowest BCUT2D eigenvalue weighted by Gasteiger charge is -2.25. The van der Waals surface area contributed by atoms with Crippen molar-refractivity contribution in [3.8, 4) is 0 Å². The summed E-state index contributed by atoms with van der Waals surface area (Å²) in [6.07, 6.45) is -13.5. The van der Waals surface area contributed by atoms with Crippen LogP contribution in [-0.2, 0) is 14.4 Å². The number of alkyl halides is 9. The van der Waals surface area contributed by atoms with Crippen LogP contribution in [0.5, 0.6) is 0 Å². The molecule has 0 bridgehead atoms. The zero-order valence-corrected chi connectivity index (χ0v) is 16.1. The van der Waals surface area contributed by atoms with Gasteiger partial charge >= 0.3 is 36.4 Å². The lowest BCUT2D eigenvalue weighted by molar-refractivity contribution is -0.193. The largest absolute Gasteiger partial charge is 0.490 e. The van der Waals surface area contributed by atoms with Crippen LogP contribution in [0.3, 0.4) is 0 Å². The van der Waals surface area contributed by atoms with E-state index < -0.39 is 36.4 Å². The SMILES string of the molecule is O=C(O)C(F)(F)F.O=C(O)C(F)(F)F.O=C(O)C(F)(F)F.c1cnc2n[nH]c(C3CNC3)c2c1. The number of rotatable bonds is 1. The van der Waals surface area contributed by atoms with Crippen molar-refractivity contribution in [1.82, 2.24) is 20.5 Å². The minimum absolute atomic E-state index is 0.592. The number of fused-ring (bicyclic) bond motifs is 1. The summed E-state index contributed by atoms with van der Waals surface area (Å²) in [5.41, 5.74) is 2.05. The molecule has 1 saturated heterocycles. The van der Waals surface area contributed by atoms with Crippen molar-refractivity contribution in [2.24, 2.45) is 0 Å². The van der Waals surface area contributed by atoms with Gasteiger partial charge in [-0.15, -0.1) is 0 Å². The van der Waals surface area contributed by atoms with Crippen molar-refractivity contribution < 1.29 is 69.2 Å². The second kappa shape index (κ2) is 12.0. The standard InChI is InChI=1S/C9H10N4.3C2HF3O2/c1-2-7-8(6-4-10-5-6)12-13-9(7)11-3-1;3*3-2(4,5)1(6)7/h1-3,6,10H,4-5H2,(H,11,12,13);3*(H,6,7).